The number of aliphatic hydroxyl groups is 1. The molecule has 1 aromatic rings. The Morgan fingerprint density at radius 3 is 2.61 bits per heavy atom. The van der Waals surface area contributed by atoms with Crippen LogP contribution in [-0.2, 0) is 0 Å². The number of rotatable bonds is 9. The van der Waals surface area contributed by atoms with E-state index in [9.17, 15) is 0 Å². The molecule has 0 bridgehead atoms. The van der Waals surface area contributed by atoms with Crippen LogP contribution in [0.1, 0.15) is 50.6 Å². The lowest BCUT2D eigenvalue weighted by Crippen LogP contribution is -2.11. The molecule has 102 valence electrons. The van der Waals surface area contributed by atoms with Gasteiger partial charge in [0.1, 0.15) is 5.75 Å². The van der Waals surface area contributed by atoms with Crippen LogP contribution in [0, 0.1) is 0 Å². The van der Waals surface area contributed by atoms with Crippen LogP contribution in [0.2, 0.25) is 0 Å². The number of para-hydroxylation sites is 1. The fraction of sp³-hybridized carbons (Fsp3) is 0.600. The minimum Gasteiger partial charge on any atom is -0.493 e. The van der Waals surface area contributed by atoms with Crippen molar-refractivity contribution in [3.05, 3.63) is 29.8 Å². The van der Waals surface area contributed by atoms with Gasteiger partial charge in [0.05, 0.1) is 6.61 Å². The Labute approximate surface area is 110 Å². The minimum absolute atomic E-state index is 0.0515. The summed E-state index contributed by atoms with van der Waals surface area (Å²) in [6, 6.07) is 8.05. The van der Waals surface area contributed by atoms with E-state index in [1.165, 1.54) is 0 Å². The summed E-state index contributed by atoms with van der Waals surface area (Å²) in [6.07, 6.45) is 4.99. The molecule has 1 atom stereocenters. The molecule has 0 heterocycles. The van der Waals surface area contributed by atoms with E-state index in [0.717, 1.165) is 50.0 Å². The molecule has 3 heteroatoms. The number of aliphatic hydroxyl groups excluding tert-OH is 1. The molecule has 0 saturated heterocycles. The Bertz CT molecular complexity index is 328. The molecule has 0 aliphatic heterocycles. The number of ether oxygens (including phenoxy) is 1. The highest BCUT2D eigenvalue weighted by molar-refractivity contribution is 5.35. The average Bonchev–Trinajstić information content (AvgIpc) is 2.42. The second-order valence-electron chi connectivity index (χ2n) is 4.54. The fourth-order valence-corrected chi connectivity index (χ4v) is 1.89. The first kappa shape index (κ1) is 15.0. The average molecular weight is 251 g/mol. The highest BCUT2D eigenvalue weighted by Gasteiger charge is 2.09. The number of benzene rings is 1. The van der Waals surface area contributed by atoms with Gasteiger partial charge in [-0.15, -0.1) is 0 Å². The highest BCUT2D eigenvalue weighted by Crippen LogP contribution is 2.25. The quantitative estimate of drug-likeness (QED) is 0.663. The molecule has 0 aromatic heterocycles. The summed E-state index contributed by atoms with van der Waals surface area (Å²) in [7, 11) is 0. The van der Waals surface area contributed by atoms with Crippen LogP contribution in [-0.4, -0.2) is 18.3 Å². The van der Waals surface area contributed by atoms with Crippen LogP contribution in [0.4, 0.5) is 0 Å². The van der Waals surface area contributed by atoms with E-state index < -0.39 is 0 Å². The molecular weight excluding hydrogens is 226 g/mol. The Kier molecular flexibility index (Phi) is 7.46. The first-order valence-corrected chi connectivity index (χ1v) is 6.87. The third kappa shape index (κ3) is 5.07. The molecular formula is C15H25NO2. The van der Waals surface area contributed by atoms with Crippen molar-refractivity contribution < 1.29 is 9.84 Å². The van der Waals surface area contributed by atoms with Gasteiger partial charge < -0.3 is 15.6 Å². The Hall–Kier alpha value is -1.06. The van der Waals surface area contributed by atoms with Gasteiger partial charge in [0.2, 0.25) is 0 Å². The molecule has 1 unspecified atom stereocenters. The predicted octanol–water partition coefficient (Wildman–Crippen LogP) is 3.03. The second kappa shape index (κ2) is 8.95. The third-order valence-corrected chi connectivity index (χ3v) is 3.07. The zero-order chi connectivity index (χ0) is 13.2. The molecule has 1 aromatic carbocycles. The van der Waals surface area contributed by atoms with Gasteiger partial charge in [-0.05, 0) is 31.7 Å². The summed E-state index contributed by atoms with van der Waals surface area (Å²) in [5, 5.41) is 8.68. The summed E-state index contributed by atoms with van der Waals surface area (Å²) in [4.78, 5) is 0. The van der Waals surface area contributed by atoms with Crippen molar-refractivity contribution in [2.45, 2.75) is 45.1 Å². The van der Waals surface area contributed by atoms with Crippen LogP contribution in [0.25, 0.3) is 0 Å². The maximum Gasteiger partial charge on any atom is 0.124 e. The SMILES string of the molecule is CCC(N)c1ccccc1OCCCCCCO. The van der Waals surface area contributed by atoms with Gasteiger partial charge in [-0.25, -0.2) is 0 Å². The minimum atomic E-state index is 0.0515. The van der Waals surface area contributed by atoms with Crippen molar-refractivity contribution in [1.29, 1.82) is 0 Å². The first-order chi connectivity index (χ1) is 8.79. The molecule has 0 saturated carbocycles. The molecule has 0 radical (unpaired) electrons. The molecule has 18 heavy (non-hydrogen) atoms. The van der Waals surface area contributed by atoms with Crippen molar-refractivity contribution in [2.24, 2.45) is 5.73 Å². The maximum atomic E-state index is 8.68. The number of hydrogen-bond donors (Lipinski definition) is 2. The van der Waals surface area contributed by atoms with Crippen molar-refractivity contribution in [3.8, 4) is 5.75 Å². The van der Waals surface area contributed by atoms with E-state index in [0.29, 0.717) is 0 Å². The molecule has 0 spiro atoms. The fourth-order valence-electron chi connectivity index (χ4n) is 1.89. The van der Waals surface area contributed by atoms with Gasteiger partial charge in [-0.2, -0.15) is 0 Å². The zero-order valence-electron chi connectivity index (χ0n) is 11.3. The molecule has 3 nitrogen and oxygen atoms in total. The monoisotopic (exact) mass is 251 g/mol. The van der Waals surface area contributed by atoms with Crippen molar-refractivity contribution in [3.63, 3.8) is 0 Å². The Morgan fingerprint density at radius 2 is 1.89 bits per heavy atom. The largest absolute Gasteiger partial charge is 0.493 e. The van der Waals surface area contributed by atoms with Crippen LogP contribution >= 0.6 is 0 Å². The predicted molar refractivity (Wildman–Crippen MR) is 74.7 cm³/mol. The maximum absolute atomic E-state index is 8.68. The standard InChI is InChI=1S/C15H25NO2/c1-2-14(16)13-9-5-6-10-15(13)18-12-8-4-3-7-11-17/h5-6,9-10,14,17H,2-4,7-8,11-12,16H2,1H3. The molecule has 0 aliphatic rings. The van der Waals surface area contributed by atoms with E-state index in [2.05, 4.69) is 6.92 Å². The van der Waals surface area contributed by atoms with Crippen LogP contribution < -0.4 is 10.5 Å². The third-order valence-electron chi connectivity index (χ3n) is 3.07. The van der Waals surface area contributed by atoms with Gasteiger partial charge in [0.15, 0.2) is 0 Å². The highest BCUT2D eigenvalue weighted by atomic mass is 16.5. The molecule has 0 fully saturated rings. The lowest BCUT2D eigenvalue weighted by Gasteiger charge is -2.15. The van der Waals surface area contributed by atoms with Gasteiger partial charge >= 0.3 is 0 Å². The van der Waals surface area contributed by atoms with Crippen LogP contribution in [0.15, 0.2) is 24.3 Å². The summed E-state index contributed by atoms with van der Waals surface area (Å²) in [5.41, 5.74) is 7.15. The summed E-state index contributed by atoms with van der Waals surface area (Å²) in [5.74, 6) is 0.911. The first-order valence-electron chi connectivity index (χ1n) is 6.87. The molecule has 0 aliphatic carbocycles. The van der Waals surface area contributed by atoms with Gasteiger partial charge in [-0.1, -0.05) is 31.5 Å². The van der Waals surface area contributed by atoms with E-state index in [4.69, 9.17) is 15.6 Å². The Balaban J connectivity index is 2.37. The molecule has 0 amide bonds. The van der Waals surface area contributed by atoms with Gasteiger partial charge in [0, 0.05) is 18.2 Å². The van der Waals surface area contributed by atoms with E-state index in [1.54, 1.807) is 0 Å². The molecule has 3 N–H and O–H groups in total. The second-order valence-corrected chi connectivity index (χ2v) is 4.54. The van der Waals surface area contributed by atoms with Crippen molar-refractivity contribution >= 4 is 0 Å². The van der Waals surface area contributed by atoms with E-state index in [-0.39, 0.29) is 12.6 Å². The number of unbranched alkanes of at least 4 members (excludes halogenated alkanes) is 3. The van der Waals surface area contributed by atoms with Crippen LogP contribution in [0.5, 0.6) is 5.75 Å². The zero-order valence-corrected chi connectivity index (χ0v) is 11.3. The van der Waals surface area contributed by atoms with Crippen molar-refractivity contribution in [1.82, 2.24) is 0 Å². The topological polar surface area (TPSA) is 55.5 Å². The molecule has 1 rings (SSSR count). The summed E-state index contributed by atoms with van der Waals surface area (Å²) < 4.78 is 5.80. The lowest BCUT2D eigenvalue weighted by molar-refractivity contribution is 0.272. The smallest absolute Gasteiger partial charge is 0.124 e. The van der Waals surface area contributed by atoms with E-state index >= 15 is 0 Å². The number of nitrogens with two attached hydrogens (primary N) is 1. The van der Waals surface area contributed by atoms with Gasteiger partial charge in [-0.3, -0.25) is 0 Å². The van der Waals surface area contributed by atoms with E-state index in [1.807, 2.05) is 24.3 Å². The van der Waals surface area contributed by atoms with Crippen LogP contribution in [0.3, 0.4) is 0 Å². The lowest BCUT2D eigenvalue weighted by atomic mass is 10.0. The van der Waals surface area contributed by atoms with Crippen molar-refractivity contribution in [2.75, 3.05) is 13.2 Å². The number of hydrogen-bond acceptors (Lipinski definition) is 3. The normalized spacial score (nSPS) is 12.4. The summed E-state index contributed by atoms with van der Waals surface area (Å²) >= 11 is 0. The summed E-state index contributed by atoms with van der Waals surface area (Å²) in [6.45, 7) is 3.09. The Morgan fingerprint density at radius 1 is 1.17 bits per heavy atom. The van der Waals surface area contributed by atoms with Gasteiger partial charge in [0.25, 0.3) is 0 Å².